The minimum Gasteiger partial charge on any atom is -0.395 e. The first-order valence-electron chi connectivity index (χ1n) is 12.2. The van der Waals surface area contributed by atoms with Crippen LogP contribution in [-0.2, 0) is 9.36 Å². The van der Waals surface area contributed by atoms with Gasteiger partial charge in [0.2, 0.25) is 5.91 Å². The molecule has 0 aliphatic heterocycles. The molecule has 0 saturated heterocycles. The summed E-state index contributed by atoms with van der Waals surface area (Å²) in [5.41, 5.74) is 2.85. The van der Waals surface area contributed by atoms with Crippen LogP contribution in [0.1, 0.15) is 117 Å². The molecular weight excluding hydrogens is 419 g/mol. The van der Waals surface area contributed by atoms with E-state index in [1.165, 1.54) is 83.5 Å². The minimum absolute atomic E-state index is 0.0765. The third kappa shape index (κ3) is 34.3. The van der Waals surface area contributed by atoms with E-state index < -0.39 is 7.82 Å². The monoisotopic (exact) mass is 468 g/mol. The molecule has 0 aromatic rings. The Morgan fingerprint density at radius 3 is 1.42 bits per heavy atom. The number of nitrogens with zero attached hydrogens (tertiary/aromatic N) is 1. The van der Waals surface area contributed by atoms with Crippen LogP contribution in [0, 0.1) is 0 Å². The lowest BCUT2D eigenvalue weighted by Gasteiger charge is -2.20. The van der Waals surface area contributed by atoms with E-state index in [1.807, 2.05) is 6.92 Å². The molecule has 0 bridgehead atoms. The fourth-order valence-corrected chi connectivity index (χ4v) is 3.30. The highest BCUT2D eigenvalue weighted by molar-refractivity contribution is 7.45. The molecule has 0 fully saturated rings. The van der Waals surface area contributed by atoms with Gasteiger partial charge in [0.05, 0.1) is 6.61 Å². The number of amides is 1. The van der Waals surface area contributed by atoms with Gasteiger partial charge in [0.1, 0.15) is 0 Å². The maximum absolute atomic E-state index is 11.8. The van der Waals surface area contributed by atoms with Gasteiger partial charge < -0.3 is 19.8 Å². The Hall–Kier alpha value is -0.500. The summed E-state index contributed by atoms with van der Waals surface area (Å²) in [5, 5.41) is 10.7. The van der Waals surface area contributed by atoms with Gasteiger partial charge in [-0.3, -0.25) is 10.2 Å². The summed E-state index contributed by atoms with van der Waals surface area (Å²) in [4.78, 5) is 33.3. The Kier molecular flexibility index (Phi) is 25.5. The second kappa shape index (κ2) is 24.1. The van der Waals surface area contributed by atoms with Crippen LogP contribution in [0.25, 0.3) is 0 Å². The number of carbonyl (C=O) groups is 1. The third-order valence-electron chi connectivity index (χ3n) is 5.04. The van der Waals surface area contributed by atoms with Crippen molar-refractivity contribution in [1.82, 2.24) is 10.4 Å². The number of hydrazine groups is 1. The fourth-order valence-electron chi connectivity index (χ4n) is 3.30. The van der Waals surface area contributed by atoms with Crippen molar-refractivity contribution in [3.63, 3.8) is 0 Å². The van der Waals surface area contributed by atoms with E-state index in [2.05, 4.69) is 12.3 Å². The Morgan fingerprint density at radius 1 is 0.742 bits per heavy atom. The number of hydrogen-bond donors (Lipinski definition) is 5. The predicted octanol–water partition coefficient (Wildman–Crippen LogP) is 4.66. The number of carbonyl (C=O) groups excluding carboxylic acids is 1. The van der Waals surface area contributed by atoms with E-state index in [1.54, 1.807) is 5.01 Å². The van der Waals surface area contributed by atoms with Gasteiger partial charge in [0, 0.05) is 19.5 Å². The topological polar surface area (TPSA) is 130 Å². The van der Waals surface area contributed by atoms with E-state index in [0.717, 1.165) is 19.4 Å². The molecule has 9 heteroatoms. The first kappa shape index (κ1) is 32.7. The lowest BCUT2D eigenvalue weighted by molar-refractivity contribution is -0.126. The van der Waals surface area contributed by atoms with Gasteiger partial charge in [-0.05, 0) is 6.42 Å². The molecule has 0 aliphatic rings. The third-order valence-corrected chi connectivity index (χ3v) is 5.04. The molecule has 0 aromatic heterocycles. The van der Waals surface area contributed by atoms with Crippen molar-refractivity contribution >= 4 is 13.7 Å². The van der Waals surface area contributed by atoms with Gasteiger partial charge in [-0.25, -0.2) is 9.57 Å². The average molecular weight is 469 g/mol. The standard InChI is InChI=1S/C22H46N2O2.H3O4P/c1-3-5-6-7-8-9-10-11-12-13-14-15-16-17-18-19-22(26)23-24(4-2)20-21-25;1-5(2,3)4/h25H,3-21H2,1-2H3,(H,23,26);(H3,1,2,3,4). The zero-order valence-electron chi connectivity index (χ0n) is 19.9. The van der Waals surface area contributed by atoms with E-state index >= 15 is 0 Å². The highest BCUT2D eigenvalue weighted by Gasteiger charge is 2.06. The molecule has 0 atom stereocenters. The SMILES string of the molecule is CCCCCCCCCCCCCCCCCC(=O)NN(CC)CCO.O=P(O)(O)O. The summed E-state index contributed by atoms with van der Waals surface area (Å²) < 4.78 is 8.88. The number of likely N-dealkylation sites (N-methyl/N-ethyl adjacent to an activating group) is 1. The maximum atomic E-state index is 11.8. The summed E-state index contributed by atoms with van der Waals surface area (Å²) in [6.07, 6.45) is 20.7. The Balaban J connectivity index is 0. The van der Waals surface area contributed by atoms with Crippen molar-refractivity contribution in [3.05, 3.63) is 0 Å². The van der Waals surface area contributed by atoms with Crippen LogP contribution in [0.15, 0.2) is 0 Å². The van der Waals surface area contributed by atoms with Gasteiger partial charge in [0.25, 0.3) is 0 Å². The number of unbranched alkanes of at least 4 members (excludes halogenated alkanes) is 14. The van der Waals surface area contributed by atoms with E-state index in [9.17, 15) is 4.79 Å². The number of phosphoric acid groups is 1. The Labute approximate surface area is 190 Å². The lowest BCUT2D eigenvalue weighted by atomic mass is 10.0. The second-order valence-electron chi connectivity index (χ2n) is 8.05. The zero-order valence-corrected chi connectivity index (χ0v) is 20.8. The van der Waals surface area contributed by atoms with E-state index in [-0.39, 0.29) is 12.5 Å². The van der Waals surface area contributed by atoms with Crippen molar-refractivity contribution < 1.29 is 29.1 Å². The molecule has 0 aromatic carbocycles. The Bertz CT molecular complexity index is 426. The van der Waals surface area contributed by atoms with E-state index in [0.29, 0.717) is 13.0 Å². The summed E-state index contributed by atoms with van der Waals surface area (Å²) >= 11 is 0. The van der Waals surface area contributed by atoms with Crippen LogP contribution in [-0.4, -0.2) is 50.4 Å². The fraction of sp³-hybridized carbons (Fsp3) is 0.955. The van der Waals surface area contributed by atoms with Crippen molar-refractivity contribution in [2.75, 3.05) is 19.7 Å². The van der Waals surface area contributed by atoms with Crippen LogP contribution in [0.3, 0.4) is 0 Å². The van der Waals surface area contributed by atoms with Crippen LogP contribution in [0.4, 0.5) is 0 Å². The molecule has 0 unspecified atom stereocenters. The van der Waals surface area contributed by atoms with Crippen LogP contribution >= 0.6 is 7.82 Å². The molecular formula is C22H49N2O6P. The van der Waals surface area contributed by atoms with Gasteiger partial charge in [0.15, 0.2) is 0 Å². The van der Waals surface area contributed by atoms with Crippen molar-refractivity contribution in [2.24, 2.45) is 0 Å². The molecule has 0 rings (SSSR count). The van der Waals surface area contributed by atoms with Gasteiger partial charge in [-0.1, -0.05) is 104 Å². The first-order valence-corrected chi connectivity index (χ1v) is 13.7. The second-order valence-corrected chi connectivity index (χ2v) is 9.08. The average Bonchev–Trinajstić information content (AvgIpc) is 2.69. The van der Waals surface area contributed by atoms with Crippen LogP contribution in [0.5, 0.6) is 0 Å². The van der Waals surface area contributed by atoms with Crippen LogP contribution < -0.4 is 5.43 Å². The van der Waals surface area contributed by atoms with Gasteiger partial charge in [-0.15, -0.1) is 0 Å². The summed E-state index contributed by atoms with van der Waals surface area (Å²) in [6, 6.07) is 0. The maximum Gasteiger partial charge on any atom is 0.466 e. The minimum atomic E-state index is -4.64. The number of aliphatic hydroxyl groups is 1. The first-order chi connectivity index (χ1) is 14.7. The summed E-state index contributed by atoms with van der Waals surface area (Å²) in [5.74, 6) is 0.0787. The highest BCUT2D eigenvalue weighted by Crippen LogP contribution is 2.25. The molecule has 0 radical (unpaired) electrons. The van der Waals surface area contributed by atoms with Crippen molar-refractivity contribution in [3.8, 4) is 0 Å². The van der Waals surface area contributed by atoms with Crippen molar-refractivity contribution in [1.29, 1.82) is 0 Å². The van der Waals surface area contributed by atoms with Gasteiger partial charge >= 0.3 is 7.82 Å². The predicted molar refractivity (Wildman–Crippen MR) is 126 cm³/mol. The molecule has 188 valence electrons. The number of nitrogens with one attached hydrogen (secondary N) is 1. The quantitative estimate of drug-likeness (QED) is 0.0997. The highest BCUT2D eigenvalue weighted by atomic mass is 31.2. The van der Waals surface area contributed by atoms with Crippen LogP contribution in [0.2, 0.25) is 0 Å². The largest absolute Gasteiger partial charge is 0.466 e. The summed E-state index contributed by atoms with van der Waals surface area (Å²) in [7, 11) is -4.64. The smallest absolute Gasteiger partial charge is 0.395 e. The molecule has 0 spiro atoms. The number of rotatable bonds is 20. The number of aliphatic hydroxyl groups excluding tert-OH is 1. The van der Waals surface area contributed by atoms with E-state index in [4.69, 9.17) is 24.4 Å². The summed E-state index contributed by atoms with van der Waals surface area (Å²) in [6.45, 7) is 5.56. The zero-order chi connectivity index (χ0) is 23.8. The Morgan fingerprint density at radius 2 is 1.10 bits per heavy atom. The normalized spacial score (nSPS) is 11.3. The molecule has 8 nitrogen and oxygen atoms in total. The van der Waals surface area contributed by atoms with Crippen molar-refractivity contribution in [2.45, 2.75) is 117 Å². The number of hydrogen-bond acceptors (Lipinski definition) is 4. The molecule has 0 heterocycles. The lowest BCUT2D eigenvalue weighted by Crippen LogP contribution is -2.43. The van der Waals surface area contributed by atoms with Gasteiger partial charge in [-0.2, -0.15) is 0 Å². The molecule has 1 amide bonds. The molecule has 31 heavy (non-hydrogen) atoms. The molecule has 0 saturated carbocycles. The molecule has 5 N–H and O–H groups in total. The molecule has 0 aliphatic carbocycles.